The van der Waals surface area contributed by atoms with Gasteiger partial charge in [-0.2, -0.15) is 22.7 Å². The van der Waals surface area contributed by atoms with Crippen molar-refractivity contribution in [2.75, 3.05) is 30.3 Å². The predicted octanol–water partition coefficient (Wildman–Crippen LogP) is 0.758. The average molecular weight is 441 g/mol. The Hall–Kier alpha value is -2.02. The van der Waals surface area contributed by atoms with E-state index >= 15 is 0 Å². The summed E-state index contributed by atoms with van der Waals surface area (Å²) in [4.78, 5) is 13.7. The van der Waals surface area contributed by atoms with Crippen molar-refractivity contribution in [3.8, 4) is 0 Å². The van der Waals surface area contributed by atoms with Gasteiger partial charge in [-0.1, -0.05) is 13.8 Å². The van der Waals surface area contributed by atoms with Crippen molar-refractivity contribution in [3.63, 3.8) is 0 Å². The lowest BCUT2D eigenvalue weighted by atomic mass is 10.1. The first-order chi connectivity index (χ1) is 14.3. The van der Waals surface area contributed by atoms with Crippen molar-refractivity contribution in [2.45, 2.75) is 65.3 Å². The van der Waals surface area contributed by atoms with Gasteiger partial charge in [0.1, 0.15) is 0 Å². The molecule has 0 saturated carbocycles. The molecule has 3 unspecified atom stereocenters. The highest BCUT2D eigenvalue weighted by atomic mass is 32.2. The fraction of sp³-hybridized carbons (Fsp3) is 0.722. The standard InChI is InChI=1S/C18H32N8O3S/c1-5-14(12(4)27)22-18-23-16(15-17(24-18)25(7-3)11-19-15)21-13-8-9-26(10-13)30(28,29)20-6-2/h11-14,20,27H,5-10H2,1-4H3,(H2,21,22,23,24). The molecule has 0 bridgehead atoms. The number of rotatable bonds is 10. The molecule has 2 aromatic rings. The van der Waals surface area contributed by atoms with Crippen molar-refractivity contribution in [1.29, 1.82) is 0 Å². The van der Waals surface area contributed by atoms with E-state index in [9.17, 15) is 13.5 Å². The van der Waals surface area contributed by atoms with E-state index in [1.165, 1.54) is 4.31 Å². The lowest BCUT2D eigenvalue weighted by molar-refractivity contribution is 0.169. The van der Waals surface area contributed by atoms with E-state index in [1.807, 2.05) is 18.4 Å². The van der Waals surface area contributed by atoms with E-state index in [4.69, 9.17) is 0 Å². The van der Waals surface area contributed by atoms with Crippen molar-refractivity contribution >= 4 is 33.1 Å². The normalized spacial score (nSPS) is 19.8. The zero-order valence-corrected chi connectivity index (χ0v) is 18.8. The molecule has 3 atom stereocenters. The third-order valence-electron chi connectivity index (χ3n) is 5.30. The minimum absolute atomic E-state index is 0.0881. The topological polar surface area (TPSA) is 137 Å². The zero-order chi connectivity index (χ0) is 21.9. The molecule has 1 fully saturated rings. The van der Waals surface area contributed by atoms with Gasteiger partial charge in [-0.05, 0) is 26.7 Å². The van der Waals surface area contributed by atoms with Crippen LogP contribution in [0.2, 0.25) is 0 Å². The number of hydrogen-bond acceptors (Lipinski definition) is 8. The Morgan fingerprint density at radius 1 is 1.30 bits per heavy atom. The maximum Gasteiger partial charge on any atom is 0.279 e. The summed E-state index contributed by atoms with van der Waals surface area (Å²) >= 11 is 0. The van der Waals surface area contributed by atoms with Crippen LogP contribution in [-0.4, -0.2) is 75.2 Å². The quantitative estimate of drug-likeness (QED) is 0.425. The number of nitrogens with one attached hydrogen (secondary N) is 3. The predicted molar refractivity (Wildman–Crippen MR) is 117 cm³/mol. The third-order valence-corrected chi connectivity index (χ3v) is 6.96. The van der Waals surface area contributed by atoms with Crippen LogP contribution in [0.5, 0.6) is 0 Å². The Balaban J connectivity index is 1.87. The van der Waals surface area contributed by atoms with Gasteiger partial charge in [-0.3, -0.25) is 0 Å². The number of aliphatic hydroxyl groups excluding tert-OH is 1. The summed E-state index contributed by atoms with van der Waals surface area (Å²) in [5, 5.41) is 16.5. The Labute approximate surface area is 177 Å². The molecule has 4 N–H and O–H groups in total. The number of fused-ring (bicyclic) bond motifs is 1. The van der Waals surface area contributed by atoms with Crippen LogP contribution in [-0.2, 0) is 16.8 Å². The molecule has 3 heterocycles. The Morgan fingerprint density at radius 2 is 2.07 bits per heavy atom. The van der Waals surface area contributed by atoms with Crippen molar-refractivity contribution in [3.05, 3.63) is 6.33 Å². The number of aliphatic hydroxyl groups is 1. The molecule has 0 aromatic carbocycles. The Kier molecular flexibility index (Phi) is 7.11. The van der Waals surface area contributed by atoms with E-state index < -0.39 is 16.3 Å². The molecule has 0 amide bonds. The molecule has 12 heteroatoms. The second-order valence-corrected chi connectivity index (χ2v) is 9.24. The molecule has 2 aromatic heterocycles. The van der Waals surface area contributed by atoms with Gasteiger partial charge < -0.3 is 20.3 Å². The molecule has 0 spiro atoms. The maximum atomic E-state index is 12.3. The zero-order valence-electron chi connectivity index (χ0n) is 18.0. The van der Waals surface area contributed by atoms with E-state index in [0.29, 0.717) is 55.5 Å². The maximum absolute atomic E-state index is 12.3. The van der Waals surface area contributed by atoms with Gasteiger partial charge >= 0.3 is 0 Å². The van der Waals surface area contributed by atoms with Crippen molar-refractivity contribution < 1.29 is 13.5 Å². The molecule has 0 radical (unpaired) electrons. The molecule has 1 saturated heterocycles. The second-order valence-electron chi connectivity index (χ2n) is 7.49. The fourth-order valence-electron chi connectivity index (χ4n) is 3.60. The van der Waals surface area contributed by atoms with Gasteiger partial charge in [0.05, 0.1) is 18.5 Å². The Morgan fingerprint density at radius 3 is 2.70 bits per heavy atom. The molecule has 30 heavy (non-hydrogen) atoms. The summed E-state index contributed by atoms with van der Waals surface area (Å²) in [7, 11) is -3.46. The molecular formula is C18H32N8O3S. The number of aryl methyl sites for hydroxylation is 1. The monoisotopic (exact) mass is 440 g/mol. The third kappa shape index (κ3) is 4.82. The highest BCUT2D eigenvalue weighted by molar-refractivity contribution is 7.87. The van der Waals surface area contributed by atoms with E-state index in [-0.39, 0.29) is 12.1 Å². The molecule has 3 rings (SSSR count). The van der Waals surface area contributed by atoms with Crippen molar-refractivity contribution in [2.24, 2.45) is 0 Å². The summed E-state index contributed by atoms with van der Waals surface area (Å²) in [6.07, 6.45) is 2.55. The first kappa shape index (κ1) is 22.7. The van der Waals surface area contributed by atoms with Gasteiger partial charge in [0, 0.05) is 32.2 Å². The molecule has 1 aliphatic rings. The smallest absolute Gasteiger partial charge is 0.279 e. The van der Waals surface area contributed by atoms with Gasteiger partial charge in [-0.15, -0.1) is 0 Å². The second kappa shape index (κ2) is 9.41. The summed E-state index contributed by atoms with van der Waals surface area (Å²) in [6, 6.07) is -0.268. The number of imidazole rings is 1. The van der Waals surface area contributed by atoms with Crippen LogP contribution in [0.4, 0.5) is 11.8 Å². The van der Waals surface area contributed by atoms with Crippen LogP contribution in [0.3, 0.4) is 0 Å². The summed E-state index contributed by atoms with van der Waals surface area (Å²) in [5.74, 6) is 0.964. The fourth-order valence-corrected chi connectivity index (χ4v) is 4.87. The Bertz CT molecular complexity index is 962. The molecule has 0 aliphatic carbocycles. The van der Waals surface area contributed by atoms with E-state index in [2.05, 4.69) is 30.3 Å². The number of aromatic nitrogens is 4. The minimum atomic E-state index is -3.46. The van der Waals surface area contributed by atoms with Crippen LogP contribution in [0, 0.1) is 0 Å². The van der Waals surface area contributed by atoms with Crippen molar-refractivity contribution in [1.82, 2.24) is 28.5 Å². The van der Waals surface area contributed by atoms with Gasteiger partial charge in [0.15, 0.2) is 17.0 Å². The first-order valence-electron chi connectivity index (χ1n) is 10.5. The first-order valence-corrected chi connectivity index (χ1v) is 11.9. The number of anilines is 2. The molecule has 11 nitrogen and oxygen atoms in total. The minimum Gasteiger partial charge on any atom is -0.391 e. The largest absolute Gasteiger partial charge is 0.391 e. The van der Waals surface area contributed by atoms with Crippen LogP contribution in [0.1, 0.15) is 40.5 Å². The van der Waals surface area contributed by atoms with E-state index in [1.54, 1.807) is 20.2 Å². The van der Waals surface area contributed by atoms with Crippen LogP contribution in [0.25, 0.3) is 11.2 Å². The number of hydrogen-bond donors (Lipinski definition) is 4. The highest BCUT2D eigenvalue weighted by Crippen LogP contribution is 2.25. The van der Waals surface area contributed by atoms with E-state index in [0.717, 1.165) is 6.42 Å². The van der Waals surface area contributed by atoms with Crippen LogP contribution < -0.4 is 15.4 Å². The summed E-state index contributed by atoms with van der Waals surface area (Å²) in [5.41, 5.74) is 1.33. The SMILES string of the molecule is CCNS(=O)(=O)N1CCC(Nc2nc(NC(CC)C(C)O)nc3c2ncn3CC)C1. The van der Waals surface area contributed by atoms with Gasteiger partial charge in [0.2, 0.25) is 5.95 Å². The highest BCUT2D eigenvalue weighted by Gasteiger charge is 2.31. The lowest BCUT2D eigenvalue weighted by Crippen LogP contribution is -2.40. The van der Waals surface area contributed by atoms with Crippen LogP contribution >= 0.6 is 0 Å². The van der Waals surface area contributed by atoms with Gasteiger partial charge in [-0.25, -0.2) is 9.71 Å². The summed E-state index contributed by atoms with van der Waals surface area (Å²) < 4.78 is 30.4. The summed E-state index contributed by atoms with van der Waals surface area (Å²) in [6.45, 7) is 9.33. The molecular weight excluding hydrogens is 408 g/mol. The van der Waals surface area contributed by atoms with Gasteiger partial charge in [0.25, 0.3) is 10.2 Å². The average Bonchev–Trinajstić information content (AvgIpc) is 3.33. The molecule has 1 aliphatic heterocycles. The number of nitrogens with zero attached hydrogens (tertiary/aromatic N) is 5. The molecule has 168 valence electrons. The lowest BCUT2D eigenvalue weighted by Gasteiger charge is -2.21. The van der Waals surface area contributed by atoms with Crippen LogP contribution in [0.15, 0.2) is 6.33 Å².